The van der Waals surface area contributed by atoms with Crippen LogP contribution >= 0.6 is 0 Å². The van der Waals surface area contributed by atoms with E-state index < -0.39 is 5.60 Å². The number of hydrogen-bond donors (Lipinski definition) is 2. The molecule has 2 aromatic carbocycles. The summed E-state index contributed by atoms with van der Waals surface area (Å²) in [6, 6.07) is 18.0. The summed E-state index contributed by atoms with van der Waals surface area (Å²) < 4.78 is 0. The van der Waals surface area contributed by atoms with Crippen molar-refractivity contribution in [2.75, 3.05) is 11.9 Å². The number of anilines is 1. The zero-order valence-electron chi connectivity index (χ0n) is 14.6. The molecule has 1 amide bonds. The molecular formula is C20H26N2O2. The van der Waals surface area contributed by atoms with Crippen molar-refractivity contribution in [3.8, 4) is 0 Å². The summed E-state index contributed by atoms with van der Waals surface area (Å²) in [5, 5.41) is 13.1. The van der Waals surface area contributed by atoms with Crippen molar-refractivity contribution in [3.63, 3.8) is 0 Å². The Labute approximate surface area is 144 Å². The fourth-order valence-corrected chi connectivity index (χ4v) is 2.77. The Kier molecular flexibility index (Phi) is 6.12. The second-order valence-electron chi connectivity index (χ2n) is 6.78. The van der Waals surface area contributed by atoms with Gasteiger partial charge in [-0.25, -0.2) is 0 Å². The second kappa shape index (κ2) is 8.08. The highest BCUT2D eigenvalue weighted by Gasteiger charge is 2.19. The highest BCUT2D eigenvalue weighted by atomic mass is 16.3. The molecule has 4 heteroatoms. The van der Waals surface area contributed by atoms with Gasteiger partial charge >= 0.3 is 0 Å². The number of aliphatic hydroxyl groups is 1. The van der Waals surface area contributed by atoms with Crippen molar-refractivity contribution < 1.29 is 9.90 Å². The molecule has 2 N–H and O–H groups in total. The summed E-state index contributed by atoms with van der Waals surface area (Å²) in [7, 11) is 0. The Morgan fingerprint density at radius 2 is 1.67 bits per heavy atom. The lowest BCUT2D eigenvalue weighted by atomic mass is 10.1. The molecular weight excluding hydrogens is 300 g/mol. The van der Waals surface area contributed by atoms with Gasteiger partial charge < -0.3 is 10.4 Å². The molecule has 128 valence electrons. The number of para-hydroxylation sites is 1. The van der Waals surface area contributed by atoms with Crippen LogP contribution in [0.25, 0.3) is 0 Å². The second-order valence-corrected chi connectivity index (χ2v) is 6.78. The van der Waals surface area contributed by atoms with E-state index in [1.165, 1.54) is 12.5 Å². The molecule has 0 fully saturated rings. The van der Waals surface area contributed by atoms with E-state index in [4.69, 9.17) is 0 Å². The first kappa shape index (κ1) is 18.2. The Balaban J connectivity index is 2.20. The van der Waals surface area contributed by atoms with Crippen molar-refractivity contribution in [1.29, 1.82) is 0 Å². The third-order valence-electron chi connectivity index (χ3n) is 3.58. The summed E-state index contributed by atoms with van der Waals surface area (Å²) in [4.78, 5) is 13.6. The molecule has 0 aliphatic carbocycles. The molecule has 0 saturated heterocycles. The van der Waals surface area contributed by atoms with Gasteiger partial charge in [-0.3, -0.25) is 9.69 Å². The van der Waals surface area contributed by atoms with E-state index in [0.29, 0.717) is 13.1 Å². The Hall–Kier alpha value is -2.17. The monoisotopic (exact) mass is 326 g/mol. The van der Waals surface area contributed by atoms with Gasteiger partial charge in [0.1, 0.15) is 0 Å². The van der Waals surface area contributed by atoms with Crippen LogP contribution in [0.2, 0.25) is 0 Å². The van der Waals surface area contributed by atoms with E-state index in [-0.39, 0.29) is 5.91 Å². The zero-order valence-corrected chi connectivity index (χ0v) is 14.6. The normalized spacial score (nSPS) is 11.5. The summed E-state index contributed by atoms with van der Waals surface area (Å²) >= 11 is 0. The number of rotatable bonds is 7. The van der Waals surface area contributed by atoms with Crippen LogP contribution < -0.4 is 5.32 Å². The minimum Gasteiger partial charge on any atom is -0.389 e. The molecule has 0 saturated carbocycles. The SMILES string of the molecule is CC(=O)Nc1ccccc1CN(Cc1ccccc1)CC(C)(C)O. The predicted octanol–water partition coefficient (Wildman–Crippen LogP) is 3.42. The molecule has 0 aliphatic heterocycles. The lowest BCUT2D eigenvalue weighted by molar-refractivity contribution is -0.114. The number of amides is 1. The third-order valence-corrected chi connectivity index (χ3v) is 3.58. The molecule has 0 aliphatic rings. The van der Waals surface area contributed by atoms with E-state index in [1.54, 1.807) is 0 Å². The summed E-state index contributed by atoms with van der Waals surface area (Å²) in [6.07, 6.45) is 0. The minimum atomic E-state index is -0.794. The van der Waals surface area contributed by atoms with Gasteiger partial charge in [-0.05, 0) is 31.0 Å². The van der Waals surface area contributed by atoms with Gasteiger partial charge in [0.15, 0.2) is 0 Å². The number of benzene rings is 2. The first-order chi connectivity index (χ1) is 11.3. The Morgan fingerprint density at radius 1 is 1.04 bits per heavy atom. The van der Waals surface area contributed by atoms with Gasteiger partial charge in [0, 0.05) is 32.2 Å². The van der Waals surface area contributed by atoms with Crippen LogP contribution in [-0.2, 0) is 17.9 Å². The van der Waals surface area contributed by atoms with Crippen molar-refractivity contribution in [1.82, 2.24) is 4.90 Å². The molecule has 2 aromatic rings. The number of nitrogens with one attached hydrogen (secondary N) is 1. The first-order valence-electron chi connectivity index (χ1n) is 8.18. The smallest absolute Gasteiger partial charge is 0.221 e. The fraction of sp³-hybridized carbons (Fsp3) is 0.350. The molecule has 4 nitrogen and oxygen atoms in total. The quantitative estimate of drug-likeness (QED) is 0.820. The number of carbonyl (C=O) groups is 1. The van der Waals surface area contributed by atoms with Crippen molar-refractivity contribution in [3.05, 3.63) is 65.7 Å². The topological polar surface area (TPSA) is 52.6 Å². The number of hydrogen-bond acceptors (Lipinski definition) is 3. The van der Waals surface area contributed by atoms with Gasteiger partial charge in [-0.2, -0.15) is 0 Å². The molecule has 0 bridgehead atoms. The number of carbonyl (C=O) groups excluding carboxylic acids is 1. The van der Waals surface area contributed by atoms with Crippen LogP contribution in [0.5, 0.6) is 0 Å². The van der Waals surface area contributed by atoms with Gasteiger partial charge in [-0.15, -0.1) is 0 Å². The molecule has 0 radical (unpaired) electrons. The largest absolute Gasteiger partial charge is 0.389 e. The van der Waals surface area contributed by atoms with E-state index >= 15 is 0 Å². The van der Waals surface area contributed by atoms with Gasteiger partial charge in [0.05, 0.1) is 5.60 Å². The van der Waals surface area contributed by atoms with E-state index in [0.717, 1.165) is 17.8 Å². The summed E-state index contributed by atoms with van der Waals surface area (Å²) in [6.45, 7) is 7.05. The zero-order chi connectivity index (χ0) is 17.6. The van der Waals surface area contributed by atoms with Gasteiger partial charge in [-0.1, -0.05) is 48.5 Å². The molecule has 2 rings (SSSR count). The summed E-state index contributed by atoms with van der Waals surface area (Å²) in [5.74, 6) is -0.0838. The Bertz CT molecular complexity index is 663. The van der Waals surface area contributed by atoms with Crippen molar-refractivity contribution in [2.45, 2.75) is 39.5 Å². The van der Waals surface area contributed by atoms with E-state index in [2.05, 4.69) is 22.3 Å². The van der Waals surface area contributed by atoms with Crippen LogP contribution in [0.15, 0.2) is 54.6 Å². The third kappa shape index (κ3) is 6.14. The molecule has 0 aromatic heterocycles. The van der Waals surface area contributed by atoms with Crippen molar-refractivity contribution >= 4 is 11.6 Å². The van der Waals surface area contributed by atoms with E-state index in [1.807, 2.05) is 56.3 Å². The highest BCUT2D eigenvalue weighted by Crippen LogP contribution is 2.20. The van der Waals surface area contributed by atoms with Gasteiger partial charge in [0.2, 0.25) is 5.91 Å². The summed E-state index contributed by atoms with van der Waals surface area (Å²) in [5.41, 5.74) is 2.25. The van der Waals surface area contributed by atoms with Crippen LogP contribution in [0.3, 0.4) is 0 Å². The molecule has 0 unspecified atom stereocenters. The first-order valence-corrected chi connectivity index (χ1v) is 8.18. The maximum absolute atomic E-state index is 11.4. The lowest BCUT2D eigenvalue weighted by Gasteiger charge is -2.29. The standard InChI is InChI=1S/C20H26N2O2/c1-16(23)21-19-12-8-7-11-18(19)14-22(15-20(2,3)24)13-17-9-5-4-6-10-17/h4-12,24H,13-15H2,1-3H3,(H,21,23). The molecule has 0 heterocycles. The molecule has 24 heavy (non-hydrogen) atoms. The molecule has 0 spiro atoms. The van der Waals surface area contributed by atoms with Crippen LogP contribution in [0, 0.1) is 0 Å². The minimum absolute atomic E-state index is 0.0838. The average Bonchev–Trinajstić information content (AvgIpc) is 2.48. The van der Waals surface area contributed by atoms with E-state index in [9.17, 15) is 9.90 Å². The predicted molar refractivity (Wildman–Crippen MR) is 97.6 cm³/mol. The van der Waals surface area contributed by atoms with Crippen LogP contribution in [-0.4, -0.2) is 28.1 Å². The fourth-order valence-electron chi connectivity index (χ4n) is 2.77. The van der Waals surface area contributed by atoms with Crippen LogP contribution in [0.4, 0.5) is 5.69 Å². The lowest BCUT2D eigenvalue weighted by Crippen LogP contribution is -2.38. The maximum Gasteiger partial charge on any atom is 0.221 e. The van der Waals surface area contributed by atoms with Crippen molar-refractivity contribution in [2.24, 2.45) is 0 Å². The van der Waals surface area contributed by atoms with Gasteiger partial charge in [0.25, 0.3) is 0 Å². The maximum atomic E-state index is 11.4. The Morgan fingerprint density at radius 3 is 2.29 bits per heavy atom. The molecule has 0 atom stereocenters. The number of nitrogens with zero attached hydrogens (tertiary/aromatic N) is 1. The van der Waals surface area contributed by atoms with Crippen LogP contribution in [0.1, 0.15) is 31.9 Å². The average molecular weight is 326 g/mol. The highest BCUT2D eigenvalue weighted by molar-refractivity contribution is 5.89.